The fourth-order valence-corrected chi connectivity index (χ4v) is 2.14. The Bertz CT molecular complexity index is 744. The number of nitro groups is 1. The number of halogens is 3. The van der Waals surface area contributed by atoms with E-state index in [2.05, 4.69) is 9.72 Å². The van der Waals surface area contributed by atoms with Crippen LogP contribution in [0.25, 0.3) is 0 Å². The van der Waals surface area contributed by atoms with E-state index in [-0.39, 0.29) is 30.7 Å². The van der Waals surface area contributed by atoms with Gasteiger partial charge in [0.05, 0.1) is 6.54 Å². The predicted octanol–water partition coefficient (Wildman–Crippen LogP) is 2.53. The first kappa shape index (κ1) is 15.9. The highest BCUT2D eigenvalue weighted by atomic mass is 19.4. The topological polar surface area (TPSA) is 88.7 Å². The molecule has 0 saturated heterocycles. The quantitative estimate of drug-likeness (QED) is 0.625. The number of fused-ring (bicyclic) bond motifs is 1. The SMILES string of the molecule is O=[N+]([O-])c1cn2c(n1)OC[C@@H](Oc1ccc(OC(F)(F)F)cc1)C2. The molecule has 128 valence electrons. The fourth-order valence-electron chi connectivity index (χ4n) is 2.14. The van der Waals surface area contributed by atoms with Gasteiger partial charge >= 0.3 is 18.2 Å². The molecule has 0 aliphatic carbocycles. The molecule has 0 fully saturated rings. The third-order valence-corrected chi connectivity index (χ3v) is 3.07. The molecule has 0 radical (unpaired) electrons. The highest BCUT2D eigenvalue weighted by Gasteiger charge is 2.31. The van der Waals surface area contributed by atoms with Crippen LogP contribution >= 0.6 is 0 Å². The summed E-state index contributed by atoms with van der Waals surface area (Å²) in [7, 11) is 0. The van der Waals surface area contributed by atoms with Crippen molar-refractivity contribution >= 4 is 5.82 Å². The van der Waals surface area contributed by atoms with E-state index < -0.39 is 17.4 Å². The number of rotatable bonds is 4. The molecule has 0 N–H and O–H groups in total. The van der Waals surface area contributed by atoms with Crippen LogP contribution in [0.1, 0.15) is 0 Å². The van der Waals surface area contributed by atoms with Crippen molar-refractivity contribution in [1.82, 2.24) is 9.55 Å². The first-order valence-electron chi connectivity index (χ1n) is 6.67. The molecular weight excluding hydrogens is 335 g/mol. The maximum atomic E-state index is 12.1. The molecule has 0 spiro atoms. The summed E-state index contributed by atoms with van der Waals surface area (Å²) in [5, 5.41) is 10.7. The number of hydrogen-bond acceptors (Lipinski definition) is 6. The monoisotopic (exact) mass is 345 g/mol. The van der Waals surface area contributed by atoms with Crippen LogP contribution in [0.5, 0.6) is 17.5 Å². The molecular formula is C13H10F3N3O5. The molecule has 0 unspecified atom stereocenters. The van der Waals surface area contributed by atoms with Crippen LogP contribution in [-0.2, 0) is 6.54 Å². The van der Waals surface area contributed by atoms with Crippen molar-refractivity contribution in [2.45, 2.75) is 19.0 Å². The van der Waals surface area contributed by atoms with Gasteiger partial charge < -0.3 is 24.3 Å². The summed E-state index contributed by atoms with van der Waals surface area (Å²) < 4.78 is 52.3. The molecule has 0 amide bonds. The van der Waals surface area contributed by atoms with E-state index in [1.54, 1.807) is 0 Å². The lowest BCUT2D eigenvalue weighted by Crippen LogP contribution is -2.34. The van der Waals surface area contributed by atoms with E-state index in [1.807, 2.05) is 0 Å². The summed E-state index contributed by atoms with van der Waals surface area (Å²) in [6.45, 7) is 0.367. The predicted molar refractivity (Wildman–Crippen MR) is 71.9 cm³/mol. The molecule has 1 aliphatic rings. The lowest BCUT2D eigenvalue weighted by atomic mass is 10.3. The second-order valence-electron chi connectivity index (χ2n) is 4.86. The maximum Gasteiger partial charge on any atom is 0.573 e. The van der Waals surface area contributed by atoms with E-state index in [4.69, 9.17) is 9.47 Å². The van der Waals surface area contributed by atoms with E-state index >= 15 is 0 Å². The third kappa shape index (κ3) is 3.67. The summed E-state index contributed by atoms with van der Waals surface area (Å²) in [5.74, 6) is -0.377. The van der Waals surface area contributed by atoms with Gasteiger partial charge in [-0.05, 0) is 29.2 Å². The number of imidazole rings is 1. The number of hydrogen-bond donors (Lipinski definition) is 0. The molecule has 1 aromatic heterocycles. The average Bonchev–Trinajstić information content (AvgIpc) is 2.91. The zero-order valence-electron chi connectivity index (χ0n) is 11.9. The number of aromatic nitrogens is 2. The van der Waals surface area contributed by atoms with Gasteiger partial charge in [0.1, 0.15) is 24.3 Å². The van der Waals surface area contributed by atoms with E-state index in [9.17, 15) is 23.3 Å². The van der Waals surface area contributed by atoms with Crippen molar-refractivity contribution in [2.24, 2.45) is 0 Å². The molecule has 1 aliphatic heterocycles. The molecule has 2 heterocycles. The van der Waals surface area contributed by atoms with Crippen LogP contribution in [-0.4, -0.2) is 33.5 Å². The van der Waals surface area contributed by atoms with Crippen LogP contribution in [0.2, 0.25) is 0 Å². The largest absolute Gasteiger partial charge is 0.573 e. The number of benzene rings is 1. The Morgan fingerprint density at radius 3 is 2.58 bits per heavy atom. The number of nitrogens with zero attached hydrogens (tertiary/aromatic N) is 3. The zero-order chi connectivity index (χ0) is 17.3. The molecule has 11 heteroatoms. The zero-order valence-corrected chi connectivity index (χ0v) is 11.9. The Hall–Kier alpha value is -2.98. The van der Waals surface area contributed by atoms with Crippen LogP contribution in [0, 0.1) is 10.1 Å². The Morgan fingerprint density at radius 1 is 1.29 bits per heavy atom. The van der Waals surface area contributed by atoms with Crippen molar-refractivity contribution in [2.75, 3.05) is 6.61 Å². The van der Waals surface area contributed by atoms with Crippen molar-refractivity contribution in [1.29, 1.82) is 0 Å². The first-order chi connectivity index (χ1) is 11.3. The summed E-state index contributed by atoms with van der Waals surface area (Å²) in [4.78, 5) is 13.7. The Balaban J connectivity index is 1.63. The van der Waals surface area contributed by atoms with Crippen LogP contribution in [0.3, 0.4) is 0 Å². The lowest BCUT2D eigenvalue weighted by Gasteiger charge is -2.23. The minimum Gasteiger partial charge on any atom is -0.485 e. The van der Waals surface area contributed by atoms with Crippen molar-refractivity contribution < 1.29 is 32.3 Å². The van der Waals surface area contributed by atoms with Crippen LogP contribution in [0.4, 0.5) is 19.0 Å². The summed E-state index contributed by atoms with van der Waals surface area (Å²) in [6, 6.07) is 5.02. The minimum atomic E-state index is -4.76. The highest BCUT2D eigenvalue weighted by molar-refractivity contribution is 5.31. The smallest absolute Gasteiger partial charge is 0.485 e. The van der Waals surface area contributed by atoms with Gasteiger partial charge in [-0.3, -0.25) is 4.57 Å². The standard InChI is InChI=1S/C13H10F3N3O5/c14-13(15,16)24-9-3-1-8(2-4-9)23-10-5-18-6-11(19(20)21)17-12(18)22-7-10/h1-4,6,10H,5,7H2/t10-/m0/s1. The van der Waals surface area contributed by atoms with Gasteiger partial charge in [-0.15, -0.1) is 13.2 Å². The molecule has 24 heavy (non-hydrogen) atoms. The van der Waals surface area contributed by atoms with Gasteiger partial charge in [-0.2, -0.15) is 0 Å². The fraction of sp³-hybridized carbons (Fsp3) is 0.308. The van der Waals surface area contributed by atoms with E-state index in [1.165, 1.54) is 22.9 Å². The summed E-state index contributed by atoms with van der Waals surface area (Å²) in [6.07, 6.45) is -4.00. The average molecular weight is 345 g/mol. The number of ether oxygens (including phenoxy) is 3. The van der Waals surface area contributed by atoms with E-state index in [0.717, 1.165) is 12.1 Å². The Kier molecular flexibility index (Phi) is 3.91. The van der Waals surface area contributed by atoms with Gasteiger partial charge in [-0.25, -0.2) is 0 Å². The van der Waals surface area contributed by atoms with Crippen molar-refractivity contribution in [3.05, 3.63) is 40.6 Å². The summed E-state index contributed by atoms with van der Waals surface area (Å²) in [5.41, 5.74) is 0. The third-order valence-electron chi connectivity index (χ3n) is 3.07. The second kappa shape index (κ2) is 5.91. The highest BCUT2D eigenvalue weighted by Crippen LogP contribution is 2.27. The number of alkyl halides is 3. The molecule has 1 atom stereocenters. The first-order valence-corrected chi connectivity index (χ1v) is 6.67. The van der Waals surface area contributed by atoms with Gasteiger partial charge in [0.2, 0.25) is 0 Å². The molecule has 0 saturated carbocycles. The molecule has 3 rings (SSSR count). The van der Waals surface area contributed by atoms with Gasteiger partial charge in [0.15, 0.2) is 6.10 Å². The van der Waals surface area contributed by atoms with Crippen molar-refractivity contribution in [3.8, 4) is 17.5 Å². The lowest BCUT2D eigenvalue weighted by molar-refractivity contribution is -0.389. The van der Waals surface area contributed by atoms with Crippen LogP contribution < -0.4 is 14.2 Å². The van der Waals surface area contributed by atoms with E-state index in [0.29, 0.717) is 5.75 Å². The van der Waals surface area contributed by atoms with Gasteiger partial charge in [-0.1, -0.05) is 0 Å². The van der Waals surface area contributed by atoms with Gasteiger partial charge in [0.25, 0.3) is 0 Å². The van der Waals surface area contributed by atoms with Gasteiger partial charge in [0, 0.05) is 4.98 Å². The molecule has 2 aromatic rings. The second-order valence-corrected chi connectivity index (χ2v) is 4.86. The molecule has 1 aromatic carbocycles. The normalized spacial score (nSPS) is 16.9. The summed E-state index contributed by atoms with van der Waals surface area (Å²) >= 11 is 0. The Labute approximate surface area is 132 Å². The molecule has 8 nitrogen and oxygen atoms in total. The van der Waals surface area contributed by atoms with Crippen LogP contribution in [0.15, 0.2) is 30.5 Å². The van der Waals surface area contributed by atoms with Crippen molar-refractivity contribution in [3.63, 3.8) is 0 Å². The minimum absolute atomic E-state index is 0.106. The molecule has 0 bridgehead atoms. The Morgan fingerprint density at radius 2 is 1.96 bits per heavy atom. The maximum absolute atomic E-state index is 12.1.